The number of nitrogens with zero attached hydrogens (tertiary/aromatic N) is 1. The van der Waals surface area contributed by atoms with Gasteiger partial charge in [-0.3, -0.25) is 0 Å². The van der Waals surface area contributed by atoms with Crippen molar-refractivity contribution in [3.05, 3.63) is 222 Å². The molecule has 1 heteroatoms. The van der Waals surface area contributed by atoms with E-state index in [4.69, 9.17) is 0 Å². The molecular weight excluding hydrogens is 675 g/mol. The van der Waals surface area contributed by atoms with Crippen LogP contribution < -0.4 is 4.90 Å². The summed E-state index contributed by atoms with van der Waals surface area (Å²) in [5.74, 6) is 0. The van der Waals surface area contributed by atoms with Crippen molar-refractivity contribution in [1.82, 2.24) is 0 Å². The van der Waals surface area contributed by atoms with E-state index < -0.39 is 0 Å². The van der Waals surface area contributed by atoms with Crippen molar-refractivity contribution in [2.45, 2.75) is 20.3 Å². The van der Waals surface area contributed by atoms with Crippen molar-refractivity contribution < 1.29 is 0 Å². The molecular formula is C55H41N. The molecule has 0 N–H and O–H groups in total. The van der Waals surface area contributed by atoms with Crippen LogP contribution >= 0.6 is 0 Å². The zero-order valence-corrected chi connectivity index (χ0v) is 31.7. The Bertz CT molecular complexity index is 2890. The molecule has 0 amide bonds. The number of hydrogen-bond acceptors (Lipinski definition) is 1. The first-order chi connectivity index (χ1) is 27.6. The maximum atomic E-state index is 2.50. The summed E-state index contributed by atoms with van der Waals surface area (Å²) in [6.07, 6.45) is 0.918. The van der Waals surface area contributed by atoms with E-state index in [0.29, 0.717) is 0 Å². The Labute approximate surface area is 329 Å². The fourth-order valence-corrected chi connectivity index (χ4v) is 8.75. The van der Waals surface area contributed by atoms with Crippen LogP contribution in [0.5, 0.6) is 0 Å². The summed E-state index contributed by atoms with van der Waals surface area (Å²) in [5, 5.41) is 2.63. The zero-order chi connectivity index (χ0) is 37.6. The fraction of sp³-hybridized carbons (Fsp3) is 0.0545. The molecule has 0 fully saturated rings. The number of rotatable bonds is 7. The van der Waals surface area contributed by atoms with Gasteiger partial charge in [0.25, 0.3) is 0 Å². The van der Waals surface area contributed by atoms with E-state index in [1.807, 2.05) is 0 Å². The third kappa shape index (κ3) is 5.90. The maximum absolute atomic E-state index is 2.50. The molecule has 0 radical (unpaired) electrons. The average molecular weight is 716 g/mol. The second-order valence-corrected chi connectivity index (χ2v) is 15.0. The number of hydrogen-bond donors (Lipinski definition) is 0. The number of anilines is 3. The molecule has 0 aliphatic heterocycles. The molecule has 266 valence electrons. The van der Waals surface area contributed by atoms with Crippen molar-refractivity contribution in [3.63, 3.8) is 0 Å². The van der Waals surface area contributed by atoms with Gasteiger partial charge in [-0.25, -0.2) is 0 Å². The van der Waals surface area contributed by atoms with Crippen molar-refractivity contribution in [3.8, 4) is 55.6 Å². The van der Waals surface area contributed by atoms with Crippen molar-refractivity contribution in [2.75, 3.05) is 4.90 Å². The number of fused-ring (bicyclic) bond motifs is 5. The minimum Gasteiger partial charge on any atom is -0.309 e. The van der Waals surface area contributed by atoms with E-state index in [9.17, 15) is 0 Å². The summed E-state index contributed by atoms with van der Waals surface area (Å²) in [6, 6.07) is 73.6. The Morgan fingerprint density at radius 1 is 0.375 bits per heavy atom. The molecule has 0 saturated carbocycles. The third-order valence-corrected chi connectivity index (χ3v) is 11.6. The van der Waals surface area contributed by atoms with Crippen LogP contribution in [0.2, 0.25) is 0 Å². The highest BCUT2D eigenvalue weighted by molar-refractivity contribution is 6.02. The summed E-state index contributed by atoms with van der Waals surface area (Å²) >= 11 is 0. The molecule has 1 nitrogen and oxygen atoms in total. The van der Waals surface area contributed by atoms with Crippen LogP contribution in [0.15, 0.2) is 200 Å². The van der Waals surface area contributed by atoms with Crippen molar-refractivity contribution in [2.24, 2.45) is 0 Å². The number of benzene rings is 9. The first-order valence-electron chi connectivity index (χ1n) is 19.6. The Morgan fingerprint density at radius 3 is 1.79 bits per heavy atom. The predicted octanol–water partition coefficient (Wildman–Crippen LogP) is 15.2. The van der Waals surface area contributed by atoms with E-state index in [0.717, 1.165) is 17.8 Å². The fourth-order valence-electron chi connectivity index (χ4n) is 8.75. The van der Waals surface area contributed by atoms with Crippen LogP contribution in [0.3, 0.4) is 0 Å². The minimum absolute atomic E-state index is 0.918. The van der Waals surface area contributed by atoms with Crippen LogP contribution in [-0.2, 0) is 6.42 Å². The van der Waals surface area contributed by atoms with Crippen LogP contribution in [-0.4, -0.2) is 0 Å². The Hall–Kier alpha value is -6.96. The van der Waals surface area contributed by atoms with Crippen molar-refractivity contribution >= 4 is 27.8 Å². The van der Waals surface area contributed by atoms with E-state index in [1.54, 1.807) is 0 Å². The molecule has 0 unspecified atom stereocenters. The molecule has 1 aliphatic carbocycles. The van der Waals surface area contributed by atoms with Crippen molar-refractivity contribution in [1.29, 1.82) is 0 Å². The monoisotopic (exact) mass is 715 g/mol. The summed E-state index contributed by atoms with van der Waals surface area (Å²) < 4.78 is 0. The number of aryl methyl sites for hydroxylation is 2. The van der Waals surface area contributed by atoms with Gasteiger partial charge in [-0.05, 0) is 134 Å². The zero-order valence-electron chi connectivity index (χ0n) is 31.7. The molecule has 0 aromatic heterocycles. The Balaban J connectivity index is 1.17. The van der Waals surface area contributed by atoms with E-state index >= 15 is 0 Å². The molecule has 1 aliphatic rings. The third-order valence-electron chi connectivity index (χ3n) is 11.6. The summed E-state index contributed by atoms with van der Waals surface area (Å²) in [7, 11) is 0. The lowest BCUT2D eigenvalue weighted by atomic mass is 9.92. The van der Waals surface area contributed by atoms with Gasteiger partial charge in [-0.15, -0.1) is 0 Å². The predicted molar refractivity (Wildman–Crippen MR) is 238 cm³/mol. The quantitative estimate of drug-likeness (QED) is 0.159. The first-order valence-corrected chi connectivity index (χ1v) is 19.6. The lowest BCUT2D eigenvalue weighted by molar-refractivity contribution is 1.25. The van der Waals surface area contributed by atoms with Gasteiger partial charge in [0.15, 0.2) is 0 Å². The summed E-state index contributed by atoms with van der Waals surface area (Å²) in [4.78, 5) is 2.50. The highest BCUT2D eigenvalue weighted by Crippen LogP contribution is 2.51. The Kier molecular flexibility index (Phi) is 8.42. The van der Waals surface area contributed by atoms with Gasteiger partial charge in [0.05, 0.1) is 11.4 Å². The molecule has 0 spiro atoms. The van der Waals surface area contributed by atoms with Gasteiger partial charge in [-0.1, -0.05) is 164 Å². The van der Waals surface area contributed by atoms with E-state index in [-0.39, 0.29) is 0 Å². The molecule has 0 atom stereocenters. The molecule has 0 heterocycles. The largest absolute Gasteiger partial charge is 0.309 e. The normalized spacial score (nSPS) is 11.7. The first kappa shape index (κ1) is 33.6. The maximum Gasteiger partial charge on any atom is 0.0543 e. The second-order valence-electron chi connectivity index (χ2n) is 15.0. The molecule has 0 bridgehead atoms. The summed E-state index contributed by atoms with van der Waals surface area (Å²) in [5.41, 5.74) is 21.2. The smallest absolute Gasteiger partial charge is 0.0543 e. The molecule has 9 aromatic rings. The summed E-state index contributed by atoms with van der Waals surface area (Å²) in [6.45, 7) is 4.40. The van der Waals surface area contributed by atoms with Gasteiger partial charge < -0.3 is 4.90 Å². The van der Waals surface area contributed by atoms with Crippen LogP contribution in [0.1, 0.15) is 22.3 Å². The molecule has 9 aromatic carbocycles. The van der Waals surface area contributed by atoms with Crippen LogP contribution in [0.25, 0.3) is 66.4 Å². The minimum atomic E-state index is 0.918. The van der Waals surface area contributed by atoms with E-state index in [2.05, 4.69) is 219 Å². The van der Waals surface area contributed by atoms with Crippen LogP contribution in [0.4, 0.5) is 17.1 Å². The highest BCUT2D eigenvalue weighted by Gasteiger charge is 2.28. The Morgan fingerprint density at radius 2 is 1.00 bits per heavy atom. The molecule has 0 saturated heterocycles. The topological polar surface area (TPSA) is 3.24 Å². The average Bonchev–Trinajstić information content (AvgIpc) is 3.65. The van der Waals surface area contributed by atoms with Gasteiger partial charge in [0.1, 0.15) is 0 Å². The molecule has 56 heavy (non-hydrogen) atoms. The SMILES string of the molecule is Cc1ccccc1-c1cc(-c2ccc(N(c3ccc(-c4ccccc4)cc3-c3ccccc3)c3cccc4c3-c3ccc5ccccc5c3C4)cc2)ccc1C. The van der Waals surface area contributed by atoms with Gasteiger partial charge >= 0.3 is 0 Å². The molecule has 10 rings (SSSR count). The van der Waals surface area contributed by atoms with Gasteiger partial charge in [0.2, 0.25) is 0 Å². The van der Waals surface area contributed by atoms with Crippen LogP contribution in [0, 0.1) is 13.8 Å². The second kappa shape index (κ2) is 14.0. The van der Waals surface area contributed by atoms with Gasteiger partial charge in [0, 0.05) is 16.8 Å². The highest BCUT2D eigenvalue weighted by atomic mass is 15.1. The van der Waals surface area contributed by atoms with E-state index in [1.165, 1.54) is 94.3 Å². The lowest BCUT2D eigenvalue weighted by Crippen LogP contribution is -2.13. The van der Waals surface area contributed by atoms with Gasteiger partial charge in [-0.2, -0.15) is 0 Å². The standard InChI is InChI=1S/C55H41N/c1-37-14-9-11-21-47(37)50-34-43(25-24-38(50)2)40-26-30-46(31-27-40)56(53-33-29-44(39-15-5-3-6-16-39)35-51(53)41-17-7-4-8-18-41)54-23-13-20-45-36-52-48-22-12-10-19-42(48)28-32-49(52)55(45)54/h3-35H,36H2,1-2H3. The lowest BCUT2D eigenvalue weighted by Gasteiger charge is -2.30.